The van der Waals surface area contributed by atoms with Crippen LogP contribution in [0.3, 0.4) is 0 Å². The molecule has 7 heteroatoms. The second kappa shape index (κ2) is 9.48. The number of piperazine rings is 1. The molecule has 1 aliphatic heterocycles. The number of carbonyl (C=O) groups excluding carboxylic acids is 2. The minimum Gasteiger partial charge on any atom is -0.383 e. The molecule has 2 aliphatic rings. The van der Waals surface area contributed by atoms with Gasteiger partial charge < -0.3 is 15.0 Å². The highest BCUT2D eigenvalue weighted by Gasteiger charge is 2.37. The lowest BCUT2D eigenvalue weighted by molar-refractivity contribution is -0.129. The Labute approximate surface area is 159 Å². The van der Waals surface area contributed by atoms with E-state index in [9.17, 15) is 9.59 Å². The van der Waals surface area contributed by atoms with E-state index in [2.05, 4.69) is 10.2 Å². The number of hydrogen-bond acceptors (Lipinski definition) is 5. The molecule has 1 aromatic heterocycles. The van der Waals surface area contributed by atoms with Gasteiger partial charge in [-0.15, -0.1) is 11.3 Å². The number of thiophene rings is 1. The van der Waals surface area contributed by atoms with Gasteiger partial charge in [-0.25, -0.2) is 0 Å². The van der Waals surface area contributed by atoms with Gasteiger partial charge in [0, 0.05) is 39.8 Å². The lowest BCUT2D eigenvalue weighted by Crippen LogP contribution is -2.58. The Morgan fingerprint density at radius 2 is 2.00 bits per heavy atom. The Kier molecular flexibility index (Phi) is 7.05. The SMILES string of the molecule is COCCNC(=O)[C@H](C1CCCC1)N1CCN(C(=O)c2cccs2)CC1. The van der Waals surface area contributed by atoms with Gasteiger partial charge in [-0.1, -0.05) is 18.9 Å². The Morgan fingerprint density at radius 1 is 1.27 bits per heavy atom. The van der Waals surface area contributed by atoms with E-state index in [4.69, 9.17) is 4.74 Å². The molecule has 6 nitrogen and oxygen atoms in total. The zero-order valence-electron chi connectivity index (χ0n) is 15.5. The highest BCUT2D eigenvalue weighted by Crippen LogP contribution is 2.31. The first-order valence-corrected chi connectivity index (χ1v) is 10.4. The first kappa shape index (κ1) is 19.3. The lowest BCUT2D eigenvalue weighted by atomic mass is 9.95. The number of nitrogens with one attached hydrogen (secondary N) is 1. The molecule has 26 heavy (non-hydrogen) atoms. The van der Waals surface area contributed by atoms with Crippen LogP contribution in [0.1, 0.15) is 35.4 Å². The van der Waals surface area contributed by atoms with Crippen molar-refractivity contribution >= 4 is 23.2 Å². The van der Waals surface area contributed by atoms with E-state index in [1.165, 1.54) is 24.2 Å². The molecule has 0 spiro atoms. The summed E-state index contributed by atoms with van der Waals surface area (Å²) in [4.78, 5) is 30.3. The summed E-state index contributed by atoms with van der Waals surface area (Å²) in [6, 6.07) is 3.71. The van der Waals surface area contributed by atoms with Gasteiger partial charge in [-0.05, 0) is 30.2 Å². The molecule has 1 N–H and O–H groups in total. The number of carbonyl (C=O) groups is 2. The topological polar surface area (TPSA) is 61.9 Å². The van der Waals surface area contributed by atoms with Gasteiger partial charge in [0.25, 0.3) is 5.91 Å². The smallest absolute Gasteiger partial charge is 0.264 e. The molecule has 1 saturated heterocycles. The van der Waals surface area contributed by atoms with Crippen LogP contribution in [0.4, 0.5) is 0 Å². The van der Waals surface area contributed by atoms with Gasteiger partial charge in [0.2, 0.25) is 5.91 Å². The van der Waals surface area contributed by atoms with E-state index in [1.807, 2.05) is 22.4 Å². The van der Waals surface area contributed by atoms with Crippen LogP contribution >= 0.6 is 11.3 Å². The third-order valence-corrected chi connectivity index (χ3v) is 6.31. The zero-order valence-corrected chi connectivity index (χ0v) is 16.3. The van der Waals surface area contributed by atoms with Crippen LogP contribution in [-0.4, -0.2) is 74.1 Å². The van der Waals surface area contributed by atoms with Crippen LogP contribution in [0, 0.1) is 5.92 Å². The second-order valence-corrected chi connectivity index (χ2v) is 8.03. The van der Waals surface area contributed by atoms with Crippen molar-refractivity contribution in [3.8, 4) is 0 Å². The van der Waals surface area contributed by atoms with Crippen molar-refractivity contribution in [2.24, 2.45) is 5.92 Å². The van der Waals surface area contributed by atoms with Crippen LogP contribution in [-0.2, 0) is 9.53 Å². The zero-order chi connectivity index (χ0) is 18.4. The number of amides is 2. The summed E-state index contributed by atoms with van der Waals surface area (Å²) in [5, 5.41) is 4.96. The first-order valence-electron chi connectivity index (χ1n) is 9.54. The molecule has 2 amide bonds. The average molecular weight is 380 g/mol. The molecule has 0 bridgehead atoms. The molecule has 3 rings (SSSR count). The minimum absolute atomic E-state index is 0.0756. The van der Waals surface area contributed by atoms with Gasteiger partial charge in [0.15, 0.2) is 0 Å². The van der Waals surface area contributed by atoms with Crippen LogP contribution in [0.25, 0.3) is 0 Å². The normalized spacial score (nSPS) is 20.3. The van der Waals surface area contributed by atoms with Crippen molar-refractivity contribution in [2.45, 2.75) is 31.7 Å². The summed E-state index contributed by atoms with van der Waals surface area (Å²) in [6.45, 7) is 3.98. The summed E-state index contributed by atoms with van der Waals surface area (Å²) in [5.74, 6) is 0.658. The Balaban J connectivity index is 1.59. The molecule has 1 atom stereocenters. The molecule has 1 aliphatic carbocycles. The van der Waals surface area contributed by atoms with Gasteiger partial charge in [-0.2, -0.15) is 0 Å². The fourth-order valence-corrected chi connectivity index (χ4v) is 4.78. The van der Waals surface area contributed by atoms with Gasteiger partial charge in [-0.3, -0.25) is 14.5 Å². The molecule has 1 aromatic rings. The molecular weight excluding hydrogens is 350 g/mol. The molecular formula is C19H29N3O3S. The number of hydrogen-bond donors (Lipinski definition) is 1. The maximum Gasteiger partial charge on any atom is 0.264 e. The summed E-state index contributed by atoms with van der Waals surface area (Å²) in [7, 11) is 1.64. The van der Waals surface area contributed by atoms with Gasteiger partial charge in [0.05, 0.1) is 17.5 Å². The van der Waals surface area contributed by atoms with Gasteiger partial charge in [0.1, 0.15) is 0 Å². The Bertz CT molecular complexity index is 579. The molecule has 2 heterocycles. The summed E-state index contributed by atoms with van der Waals surface area (Å²) in [6.07, 6.45) is 4.67. The van der Waals surface area contributed by atoms with Crippen molar-refractivity contribution in [1.82, 2.24) is 15.1 Å². The van der Waals surface area contributed by atoms with E-state index in [1.54, 1.807) is 7.11 Å². The van der Waals surface area contributed by atoms with Crippen LogP contribution in [0.2, 0.25) is 0 Å². The third kappa shape index (κ3) is 4.64. The highest BCUT2D eigenvalue weighted by atomic mass is 32.1. The predicted octanol–water partition coefficient (Wildman–Crippen LogP) is 1.83. The van der Waals surface area contributed by atoms with Crippen molar-refractivity contribution in [2.75, 3.05) is 46.4 Å². The van der Waals surface area contributed by atoms with Crippen molar-refractivity contribution in [1.29, 1.82) is 0 Å². The van der Waals surface area contributed by atoms with E-state index in [-0.39, 0.29) is 17.9 Å². The third-order valence-electron chi connectivity index (χ3n) is 5.45. The van der Waals surface area contributed by atoms with E-state index >= 15 is 0 Å². The van der Waals surface area contributed by atoms with Crippen molar-refractivity contribution in [3.63, 3.8) is 0 Å². The lowest BCUT2D eigenvalue weighted by Gasteiger charge is -2.40. The van der Waals surface area contributed by atoms with Crippen LogP contribution < -0.4 is 5.32 Å². The summed E-state index contributed by atoms with van der Waals surface area (Å²) in [5.41, 5.74) is 0. The molecule has 144 valence electrons. The average Bonchev–Trinajstić information content (AvgIpc) is 3.36. The van der Waals surface area contributed by atoms with Crippen molar-refractivity contribution in [3.05, 3.63) is 22.4 Å². The number of ether oxygens (including phenoxy) is 1. The quantitative estimate of drug-likeness (QED) is 0.734. The van der Waals surface area contributed by atoms with Gasteiger partial charge >= 0.3 is 0 Å². The Morgan fingerprint density at radius 3 is 2.62 bits per heavy atom. The first-order chi connectivity index (χ1) is 12.7. The summed E-state index contributed by atoms with van der Waals surface area (Å²) >= 11 is 1.49. The maximum absolute atomic E-state index is 12.8. The molecule has 0 aromatic carbocycles. The van der Waals surface area contributed by atoms with E-state index < -0.39 is 0 Å². The standard InChI is InChI=1S/C19H29N3O3S/c1-25-13-8-20-18(23)17(15-5-2-3-6-15)21-9-11-22(12-10-21)19(24)16-7-4-14-26-16/h4,7,14-15,17H,2-3,5-6,8-13H2,1H3,(H,20,23)/t17-/m0/s1. The minimum atomic E-state index is -0.0756. The Hall–Kier alpha value is -1.44. The molecule has 1 saturated carbocycles. The molecule has 2 fully saturated rings. The fraction of sp³-hybridized carbons (Fsp3) is 0.684. The fourth-order valence-electron chi connectivity index (χ4n) is 4.09. The largest absolute Gasteiger partial charge is 0.383 e. The van der Waals surface area contributed by atoms with Crippen LogP contribution in [0.5, 0.6) is 0 Å². The number of nitrogens with zero attached hydrogens (tertiary/aromatic N) is 2. The second-order valence-electron chi connectivity index (χ2n) is 7.08. The van der Waals surface area contributed by atoms with E-state index in [0.717, 1.165) is 30.8 Å². The summed E-state index contributed by atoms with van der Waals surface area (Å²) < 4.78 is 5.05. The molecule has 0 unspecified atom stereocenters. The highest BCUT2D eigenvalue weighted by molar-refractivity contribution is 7.12. The maximum atomic E-state index is 12.8. The van der Waals surface area contributed by atoms with E-state index in [0.29, 0.717) is 32.2 Å². The number of methoxy groups -OCH3 is 1. The monoisotopic (exact) mass is 379 g/mol. The molecule has 0 radical (unpaired) electrons. The number of rotatable bonds is 7. The van der Waals surface area contributed by atoms with Crippen LogP contribution in [0.15, 0.2) is 17.5 Å². The predicted molar refractivity (Wildman–Crippen MR) is 102 cm³/mol. The van der Waals surface area contributed by atoms with Crippen molar-refractivity contribution < 1.29 is 14.3 Å².